The van der Waals surface area contributed by atoms with Gasteiger partial charge in [-0.15, -0.1) is 11.3 Å². The Labute approximate surface area is 124 Å². The van der Waals surface area contributed by atoms with Gasteiger partial charge in [-0.3, -0.25) is 4.79 Å². The molecule has 1 amide bonds. The Balaban J connectivity index is 1.79. The Hall–Kier alpha value is -1.82. The van der Waals surface area contributed by atoms with Gasteiger partial charge in [-0.05, 0) is 35.6 Å². The van der Waals surface area contributed by atoms with Crippen LogP contribution in [0.1, 0.15) is 16.0 Å². The van der Waals surface area contributed by atoms with Crippen LogP contribution >= 0.6 is 11.3 Å². The standard InChI is InChI=1S/C15H14F3NOS/c16-15(17,18)12-5-3-11(4-6-12)10-14(20)19-8-7-13-2-1-9-21-13/h1-6,9H,7-8,10H2,(H,19,20). The van der Waals surface area contributed by atoms with Crippen LogP contribution in [-0.4, -0.2) is 12.5 Å². The van der Waals surface area contributed by atoms with Gasteiger partial charge in [0.15, 0.2) is 0 Å². The maximum atomic E-state index is 12.4. The van der Waals surface area contributed by atoms with Crippen molar-refractivity contribution in [2.24, 2.45) is 0 Å². The summed E-state index contributed by atoms with van der Waals surface area (Å²) in [6.07, 6.45) is -3.50. The van der Waals surface area contributed by atoms with Crippen molar-refractivity contribution in [1.82, 2.24) is 5.32 Å². The van der Waals surface area contributed by atoms with E-state index in [9.17, 15) is 18.0 Å². The monoisotopic (exact) mass is 313 g/mol. The van der Waals surface area contributed by atoms with Crippen LogP contribution in [-0.2, 0) is 23.8 Å². The summed E-state index contributed by atoms with van der Waals surface area (Å²) in [6, 6.07) is 8.60. The second-order valence-electron chi connectivity index (χ2n) is 4.55. The normalized spacial score (nSPS) is 11.4. The average Bonchev–Trinajstić information content (AvgIpc) is 2.91. The number of hydrogen-bond donors (Lipinski definition) is 1. The molecule has 6 heteroatoms. The molecule has 0 fully saturated rings. The molecule has 0 aliphatic carbocycles. The van der Waals surface area contributed by atoms with Gasteiger partial charge < -0.3 is 5.32 Å². The molecule has 0 saturated carbocycles. The average molecular weight is 313 g/mol. The van der Waals surface area contributed by atoms with Crippen molar-refractivity contribution in [3.8, 4) is 0 Å². The van der Waals surface area contributed by atoms with Crippen LogP contribution in [0.3, 0.4) is 0 Å². The molecule has 1 heterocycles. The predicted molar refractivity (Wildman–Crippen MR) is 76.2 cm³/mol. The molecular weight excluding hydrogens is 299 g/mol. The van der Waals surface area contributed by atoms with Crippen LogP contribution in [0.2, 0.25) is 0 Å². The number of rotatable bonds is 5. The van der Waals surface area contributed by atoms with Crippen molar-refractivity contribution in [2.45, 2.75) is 19.0 Å². The van der Waals surface area contributed by atoms with Crippen molar-refractivity contribution >= 4 is 17.2 Å². The number of thiophene rings is 1. The van der Waals surface area contributed by atoms with Crippen molar-refractivity contribution in [3.05, 3.63) is 57.8 Å². The first-order chi connectivity index (χ1) is 9.95. The molecule has 1 N–H and O–H groups in total. The minimum Gasteiger partial charge on any atom is -0.355 e. The minimum absolute atomic E-state index is 0.0859. The minimum atomic E-state index is -4.35. The maximum absolute atomic E-state index is 12.4. The van der Waals surface area contributed by atoms with Crippen LogP contribution in [0.15, 0.2) is 41.8 Å². The van der Waals surface area contributed by atoms with Gasteiger partial charge in [0.05, 0.1) is 12.0 Å². The van der Waals surface area contributed by atoms with E-state index in [0.717, 1.165) is 18.6 Å². The van der Waals surface area contributed by atoms with Gasteiger partial charge >= 0.3 is 6.18 Å². The smallest absolute Gasteiger partial charge is 0.355 e. The van der Waals surface area contributed by atoms with Gasteiger partial charge in [0.2, 0.25) is 5.91 Å². The largest absolute Gasteiger partial charge is 0.416 e. The number of halogens is 3. The first-order valence-electron chi connectivity index (χ1n) is 6.40. The highest BCUT2D eigenvalue weighted by molar-refractivity contribution is 7.09. The molecule has 1 aromatic heterocycles. The van der Waals surface area contributed by atoms with Crippen LogP contribution < -0.4 is 5.32 Å². The van der Waals surface area contributed by atoms with Crippen molar-refractivity contribution < 1.29 is 18.0 Å². The summed E-state index contributed by atoms with van der Waals surface area (Å²) in [6.45, 7) is 0.528. The molecule has 112 valence electrons. The van der Waals surface area contributed by atoms with Gasteiger partial charge in [-0.25, -0.2) is 0 Å². The van der Waals surface area contributed by atoms with E-state index in [1.807, 2.05) is 17.5 Å². The van der Waals surface area contributed by atoms with Crippen molar-refractivity contribution in [1.29, 1.82) is 0 Å². The fourth-order valence-electron chi connectivity index (χ4n) is 1.84. The summed E-state index contributed by atoms with van der Waals surface area (Å²) in [4.78, 5) is 12.9. The van der Waals surface area contributed by atoms with E-state index in [1.54, 1.807) is 11.3 Å². The second-order valence-corrected chi connectivity index (χ2v) is 5.58. The van der Waals surface area contributed by atoms with E-state index in [1.165, 1.54) is 17.0 Å². The fourth-order valence-corrected chi connectivity index (χ4v) is 2.55. The van der Waals surface area contributed by atoms with Gasteiger partial charge in [-0.1, -0.05) is 18.2 Å². The lowest BCUT2D eigenvalue weighted by Crippen LogP contribution is -2.27. The maximum Gasteiger partial charge on any atom is 0.416 e. The van der Waals surface area contributed by atoms with Crippen molar-refractivity contribution in [3.63, 3.8) is 0 Å². The van der Waals surface area contributed by atoms with Gasteiger partial charge in [0.1, 0.15) is 0 Å². The number of amides is 1. The predicted octanol–water partition coefficient (Wildman–Crippen LogP) is 3.67. The first-order valence-corrected chi connectivity index (χ1v) is 7.28. The summed E-state index contributed by atoms with van der Waals surface area (Å²) in [7, 11) is 0. The molecule has 0 radical (unpaired) electrons. The quantitative estimate of drug-likeness (QED) is 0.896. The Morgan fingerprint density at radius 1 is 1.14 bits per heavy atom. The Bertz CT molecular complexity index is 576. The fraction of sp³-hybridized carbons (Fsp3) is 0.267. The molecule has 0 saturated heterocycles. The first kappa shape index (κ1) is 15.6. The second kappa shape index (κ2) is 6.76. The van der Waals surface area contributed by atoms with E-state index < -0.39 is 11.7 Å². The molecule has 1 aromatic carbocycles. The lowest BCUT2D eigenvalue weighted by molar-refractivity contribution is -0.137. The van der Waals surface area contributed by atoms with Crippen molar-refractivity contribution in [2.75, 3.05) is 6.54 Å². The van der Waals surface area contributed by atoms with E-state index in [0.29, 0.717) is 12.1 Å². The van der Waals surface area contributed by atoms with E-state index >= 15 is 0 Å². The topological polar surface area (TPSA) is 29.1 Å². The Morgan fingerprint density at radius 2 is 1.86 bits per heavy atom. The molecule has 2 nitrogen and oxygen atoms in total. The number of benzene rings is 1. The molecule has 2 aromatic rings. The van der Waals surface area contributed by atoms with E-state index in [4.69, 9.17) is 0 Å². The molecule has 0 spiro atoms. The molecule has 0 unspecified atom stereocenters. The zero-order valence-corrected chi connectivity index (χ0v) is 11.9. The molecule has 2 rings (SSSR count). The van der Waals surface area contributed by atoms with E-state index in [-0.39, 0.29) is 12.3 Å². The number of hydrogen-bond acceptors (Lipinski definition) is 2. The summed E-state index contributed by atoms with van der Waals surface area (Å²) >= 11 is 1.62. The zero-order valence-electron chi connectivity index (χ0n) is 11.1. The SMILES string of the molecule is O=C(Cc1ccc(C(F)(F)F)cc1)NCCc1cccs1. The highest BCUT2D eigenvalue weighted by Crippen LogP contribution is 2.29. The molecule has 0 aliphatic heterocycles. The lowest BCUT2D eigenvalue weighted by Gasteiger charge is -2.08. The van der Waals surface area contributed by atoms with Crippen LogP contribution in [0.4, 0.5) is 13.2 Å². The summed E-state index contributed by atoms with van der Waals surface area (Å²) in [5.41, 5.74) is -0.138. The third-order valence-corrected chi connectivity index (χ3v) is 3.86. The summed E-state index contributed by atoms with van der Waals surface area (Å²) < 4.78 is 37.2. The van der Waals surface area contributed by atoms with Crippen LogP contribution in [0.5, 0.6) is 0 Å². The number of carbonyl (C=O) groups is 1. The highest BCUT2D eigenvalue weighted by Gasteiger charge is 2.29. The Kier molecular flexibility index (Phi) is 5.01. The molecule has 0 atom stereocenters. The van der Waals surface area contributed by atoms with Crippen LogP contribution in [0, 0.1) is 0 Å². The molecule has 0 bridgehead atoms. The van der Waals surface area contributed by atoms with Gasteiger partial charge in [-0.2, -0.15) is 13.2 Å². The lowest BCUT2D eigenvalue weighted by atomic mass is 10.1. The molecular formula is C15H14F3NOS. The number of nitrogens with one attached hydrogen (secondary N) is 1. The zero-order chi connectivity index (χ0) is 15.3. The van der Waals surface area contributed by atoms with Gasteiger partial charge in [0.25, 0.3) is 0 Å². The molecule has 0 aliphatic rings. The highest BCUT2D eigenvalue weighted by atomic mass is 32.1. The molecule has 21 heavy (non-hydrogen) atoms. The number of carbonyl (C=O) groups excluding carboxylic acids is 1. The summed E-state index contributed by atoms with van der Waals surface area (Å²) in [5, 5.41) is 4.73. The Morgan fingerprint density at radius 3 is 2.43 bits per heavy atom. The van der Waals surface area contributed by atoms with E-state index in [2.05, 4.69) is 5.32 Å². The summed E-state index contributed by atoms with van der Waals surface area (Å²) in [5.74, 6) is -0.189. The third kappa shape index (κ3) is 4.90. The van der Waals surface area contributed by atoms with Crippen LogP contribution in [0.25, 0.3) is 0 Å². The third-order valence-electron chi connectivity index (χ3n) is 2.92. The number of alkyl halides is 3. The van der Waals surface area contributed by atoms with Gasteiger partial charge in [0, 0.05) is 11.4 Å².